The van der Waals surface area contributed by atoms with Crippen LogP contribution in [0, 0.1) is 0 Å². The summed E-state index contributed by atoms with van der Waals surface area (Å²) in [5.74, 6) is 0.123. The number of phenols is 2. The number of nitrogens with two attached hydrogens (primary N) is 2. The van der Waals surface area contributed by atoms with E-state index in [1.54, 1.807) is 24.3 Å². The Morgan fingerprint density at radius 1 is 0.696 bits per heavy atom. The van der Waals surface area contributed by atoms with Gasteiger partial charge in [0.1, 0.15) is 11.5 Å². The summed E-state index contributed by atoms with van der Waals surface area (Å²) in [4.78, 5) is 0. The van der Waals surface area contributed by atoms with E-state index in [1.165, 1.54) is 0 Å². The number of phenolic OH excluding ortho intramolecular Hbond substituents is 2. The lowest BCUT2D eigenvalue weighted by Gasteiger charge is -2.21. The lowest BCUT2D eigenvalue weighted by atomic mass is 9.84. The van der Waals surface area contributed by atoms with Crippen LogP contribution in [0.3, 0.4) is 0 Å². The van der Waals surface area contributed by atoms with Crippen LogP contribution in [0.1, 0.15) is 22.6 Å². The minimum atomic E-state index is -0.139. The van der Waals surface area contributed by atoms with Crippen molar-refractivity contribution in [2.75, 3.05) is 11.5 Å². The minimum absolute atomic E-state index is 0.0549. The monoisotopic (exact) mass is 306 g/mol. The number of hydrogen-bond acceptors (Lipinski definition) is 4. The highest BCUT2D eigenvalue weighted by atomic mass is 16.3. The Kier molecular flexibility index (Phi) is 3.81. The highest BCUT2D eigenvalue weighted by molar-refractivity contribution is 5.60. The van der Waals surface area contributed by atoms with E-state index in [2.05, 4.69) is 0 Å². The standard InChI is InChI=1S/C19H18N2O2/c20-16-4-2-1-3-15(16)19(12-5-8-14(22)9-6-12)13-7-10-18(23)17(21)11-13/h1-11,19,22-23H,20-21H2. The maximum absolute atomic E-state index is 9.67. The summed E-state index contributed by atoms with van der Waals surface area (Å²) < 4.78 is 0. The van der Waals surface area contributed by atoms with Gasteiger partial charge in [-0.25, -0.2) is 0 Å². The first-order valence-corrected chi connectivity index (χ1v) is 7.28. The maximum atomic E-state index is 9.67. The maximum Gasteiger partial charge on any atom is 0.138 e. The van der Waals surface area contributed by atoms with E-state index in [1.807, 2.05) is 42.5 Å². The molecule has 0 aromatic heterocycles. The minimum Gasteiger partial charge on any atom is -0.508 e. The van der Waals surface area contributed by atoms with Gasteiger partial charge in [-0.05, 0) is 47.0 Å². The van der Waals surface area contributed by atoms with Gasteiger partial charge in [-0.3, -0.25) is 0 Å². The zero-order valence-corrected chi connectivity index (χ0v) is 12.5. The molecule has 0 fully saturated rings. The quantitative estimate of drug-likeness (QED) is 0.339. The zero-order valence-electron chi connectivity index (χ0n) is 12.5. The van der Waals surface area contributed by atoms with E-state index in [0.29, 0.717) is 11.4 Å². The third-order valence-corrected chi connectivity index (χ3v) is 3.92. The van der Waals surface area contributed by atoms with Crippen LogP contribution < -0.4 is 11.5 Å². The molecule has 0 radical (unpaired) electrons. The summed E-state index contributed by atoms with van der Waals surface area (Å²) >= 11 is 0. The van der Waals surface area contributed by atoms with Crippen LogP contribution in [-0.4, -0.2) is 10.2 Å². The van der Waals surface area contributed by atoms with Crippen molar-refractivity contribution in [3.63, 3.8) is 0 Å². The molecular weight excluding hydrogens is 288 g/mol. The predicted octanol–water partition coefficient (Wildman–Crippen LogP) is 3.44. The zero-order chi connectivity index (χ0) is 16.4. The van der Waals surface area contributed by atoms with E-state index in [-0.39, 0.29) is 17.4 Å². The molecule has 0 saturated heterocycles. The molecule has 4 heteroatoms. The number of nitrogen functional groups attached to an aromatic ring is 2. The van der Waals surface area contributed by atoms with Gasteiger partial charge < -0.3 is 21.7 Å². The fraction of sp³-hybridized carbons (Fsp3) is 0.0526. The van der Waals surface area contributed by atoms with Gasteiger partial charge in [0.15, 0.2) is 0 Å². The molecule has 0 bridgehead atoms. The first-order valence-electron chi connectivity index (χ1n) is 7.28. The Balaban J connectivity index is 2.19. The van der Waals surface area contributed by atoms with Crippen molar-refractivity contribution in [3.8, 4) is 11.5 Å². The van der Waals surface area contributed by atoms with Gasteiger partial charge in [0.25, 0.3) is 0 Å². The van der Waals surface area contributed by atoms with Gasteiger partial charge >= 0.3 is 0 Å². The Morgan fingerprint density at radius 2 is 1.35 bits per heavy atom. The largest absolute Gasteiger partial charge is 0.508 e. The van der Waals surface area contributed by atoms with Crippen molar-refractivity contribution in [3.05, 3.63) is 83.4 Å². The van der Waals surface area contributed by atoms with E-state index >= 15 is 0 Å². The second-order valence-corrected chi connectivity index (χ2v) is 5.47. The summed E-state index contributed by atoms with van der Waals surface area (Å²) in [6.07, 6.45) is 0. The first kappa shape index (κ1) is 14.8. The molecule has 6 N–H and O–H groups in total. The molecule has 1 unspecified atom stereocenters. The van der Waals surface area contributed by atoms with Gasteiger partial charge in [0, 0.05) is 11.6 Å². The Labute approximate surface area is 134 Å². The Morgan fingerprint density at radius 3 is 2.00 bits per heavy atom. The van der Waals surface area contributed by atoms with Crippen LogP contribution in [0.5, 0.6) is 11.5 Å². The fourth-order valence-corrected chi connectivity index (χ4v) is 2.74. The summed E-state index contributed by atoms with van der Waals surface area (Å²) in [5.41, 5.74) is 15.9. The lowest BCUT2D eigenvalue weighted by molar-refractivity contribution is 0.475. The van der Waals surface area contributed by atoms with Crippen molar-refractivity contribution in [1.82, 2.24) is 0 Å². The molecule has 4 nitrogen and oxygen atoms in total. The summed E-state index contributed by atoms with van der Waals surface area (Å²) in [7, 11) is 0. The van der Waals surface area contributed by atoms with Gasteiger partial charge in [-0.15, -0.1) is 0 Å². The van der Waals surface area contributed by atoms with E-state index < -0.39 is 0 Å². The van der Waals surface area contributed by atoms with Crippen LogP contribution in [0.25, 0.3) is 0 Å². The molecule has 0 spiro atoms. The fourth-order valence-electron chi connectivity index (χ4n) is 2.74. The molecule has 0 heterocycles. The van der Waals surface area contributed by atoms with E-state index in [4.69, 9.17) is 11.5 Å². The number of para-hydroxylation sites is 1. The smallest absolute Gasteiger partial charge is 0.138 e. The van der Waals surface area contributed by atoms with Crippen molar-refractivity contribution in [1.29, 1.82) is 0 Å². The Bertz CT molecular complexity index is 829. The number of anilines is 2. The molecule has 1 atom stereocenters. The van der Waals surface area contributed by atoms with Crippen molar-refractivity contribution in [2.45, 2.75) is 5.92 Å². The molecule has 3 rings (SSSR count). The van der Waals surface area contributed by atoms with Crippen LogP contribution in [0.4, 0.5) is 11.4 Å². The molecule has 3 aromatic carbocycles. The third kappa shape index (κ3) is 2.92. The number of hydrogen-bond donors (Lipinski definition) is 4. The number of benzene rings is 3. The van der Waals surface area contributed by atoms with Gasteiger partial charge in [-0.2, -0.15) is 0 Å². The SMILES string of the molecule is Nc1cc(C(c2ccc(O)cc2)c2ccccc2N)ccc1O. The van der Waals surface area contributed by atoms with Crippen molar-refractivity contribution < 1.29 is 10.2 Å². The summed E-state index contributed by atoms with van der Waals surface area (Å²) in [6, 6.07) is 19.8. The van der Waals surface area contributed by atoms with Crippen molar-refractivity contribution >= 4 is 11.4 Å². The average Bonchev–Trinajstić information content (AvgIpc) is 2.54. The topological polar surface area (TPSA) is 92.5 Å². The third-order valence-electron chi connectivity index (χ3n) is 3.92. The van der Waals surface area contributed by atoms with Crippen LogP contribution in [0.2, 0.25) is 0 Å². The Hall–Kier alpha value is -3.14. The van der Waals surface area contributed by atoms with Crippen LogP contribution in [0.15, 0.2) is 66.7 Å². The van der Waals surface area contributed by atoms with Gasteiger partial charge in [0.2, 0.25) is 0 Å². The van der Waals surface area contributed by atoms with E-state index in [9.17, 15) is 10.2 Å². The highest BCUT2D eigenvalue weighted by Crippen LogP contribution is 2.37. The highest BCUT2D eigenvalue weighted by Gasteiger charge is 2.19. The van der Waals surface area contributed by atoms with Crippen LogP contribution in [-0.2, 0) is 0 Å². The normalized spacial score (nSPS) is 12.0. The number of rotatable bonds is 3. The van der Waals surface area contributed by atoms with Gasteiger partial charge in [0.05, 0.1) is 5.69 Å². The molecule has 0 aliphatic carbocycles. The average molecular weight is 306 g/mol. The number of aromatic hydroxyl groups is 2. The lowest BCUT2D eigenvalue weighted by Crippen LogP contribution is -2.07. The molecular formula is C19H18N2O2. The summed E-state index contributed by atoms with van der Waals surface area (Å²) in [5, 5.41) is 19.2. The van der Waals surface area contributed by atoms with E-state index in [0.717, 1.165) is 16.7 Å². The molecule has 0 aliphatic heterocycles. The first-order chi connectivity index (χ1) is 11.1. The second-order valence-electron chi connectivity index (χ2n) is 5.47. The molecule has 116 valence electrons. The molecule has 0 saturated carbocycles. The van der Waals surface area contributed by atoms with Gasteiger partial charge in [-0.1, -0.05) is 36.4 Å². The molecule has 0 amide bonds. The summed E-state index contributed by atoms with van der Waals surface area (Å²) in [6.45, 7) is 0. The van der Waals surface area contributed by atoms with Crippen LogP contribution >= 0.6 is 0 Å². The van der Waals surface area contributed by atoms with Crippen molar-refractivity contribution in [2.24, 2.45) is 0 Å². The molecule has 0 aliphatic rings. The predicted molar refractivity (Wildman–Crippen MR) is 92.4 cm³/mol. The molecule has 23 heavy (non-hydrogen) atoms. The molecule has 3 aromatic rings. The second kappa shape index (κ2) is 5.93.